The molecule has 0 aromatic carbocycles. The first-order chi connectivity index (χ1) is 12.0. The number of aliphatic hydroxyl groups is 1. The summed E-state index contributed by atoms with van der Waals surface area (Å²) in [4.78, 5) is 6.29. The fraction of sp³-hybridized carbons (Fsp3) is 0.667. The Morgan fingerprint density at radius 1 is 1.36 bits per heavy atom. The van der Waals surface area contributed by atoms with E-state index >= 15 is 0 Å². The van der Waals surface area contributed by atoms with Gasteiger partial charge in [0.2, 0.25) is 0 Å². The van der Waals surface area contributed by atoms with Crippen molar-refractivity contribution in [2.24, 2.45) is 17.3 Å². The zero-order chi connectivity index (χ0) is 17.9. The van der Waals surface area contributed by atoms with Gasteiger partial charge in [0.25, 0.3) is 0 Å². The van der Waals surface area contributed by atoms with E-state index in [1.165, 1.54) is 24.0 Å². The number of aromatic nitrogens is 1. The van der Waals surface area contributed by atoms with Gasteiger partial charge in [-0.1, -0.05) is 26.8 Å². The maximum atomic E-state index is 10.3. The summed E-state index contributed by atoms with van der Waals surface area (Å²) in [5.41, 5.74) is 3.11. The van der Waals surface area contributed by atoms with Crippen LogP contribution >= 0.6 is 0 Å². The van der Waals surface area contributed by atoms with E-state index in [4.69, 9.17) is 4.74 Å². The number of fused-ring (bicyclic) bond motifs is 1. The Balaban J connectivity index is 1.40. The second-order valence-corrected chi connectivity index (χ2v) is 8.17. The highest BCUT2D eigenvalue weighted by molar-refractivity contribution is 5.23. The van der Waals surface area contributed by atoms with E-state index < -0.39 is 6.10 Å². The predicted molar refractivity (Wildman–Crippen MR) is 100 cm³/mol. The third-order valence-corrected chi connectivity index (χ3v) is 6.23. The lowest BCUT2D eigenvalue weighted by Crippen LogP contribution is -2.48. The fourth-order valence-electron chi connectivity index (χ4n) is 4.36. The lowest BCUT2D eigenvalue weighted by atomic mass is 9.49. The van der Waals surface area contributed by atoms with Crippen LogP contribution in [0.15, 0.2) is 36.2 Å². The van der Waals surface area contributed by atoms with E-state index in [1.807, 2.05) is 24.5 Å². The first kappa shape index (κ1) is 18.6. The summed E-state index contributed by atoms with van der Waals surface area (Å²) in [5.74, 6) is 1.54. The molecule has 0 spiro atoms. The van der Waals surface area contributed by atoms with Crippen LogP contribution in [0, 0.1) is 17.3 Å². The van der Waals surface area contributed by atoms with Crippen molar-refractivity contribution in [1.82, 2.24) is 9.88 Å². The summed E-state index contributed by atoms with van der Waals surface area (Å²) in [7, 11) is 0. The number of allylic oxidation sites excluding steroid dienone is 1. The van der Waals surface area contributed by atoms with Crippen LogP contribution in [0.4, 0.5) is 0 Å². The topological polar surface area (TPSA) is 45.6 Å². The van der Waals surface area contributed by atoms with E-state index in [9.17, 15) is 5.11 Å². The molecular weight excluding hydrogens is 312 g/mol. The molecule has 0 saturated heterocycles. The van der Waals surface area contributed by atoms with Crippen molar-refractivity contribution in [2.75, 3.05) is 26.3 Å². The van der Waals surface area contributed by atoms with Crippen LogP contribution in [0.3, 0.4) is 0 Å². The van der Waals surface area contributed by atoms with Crippen LogP contribution in [-0.2, 0) is 11.3 Å². The third-order valence-electron chi connectivity index (χ3n) is 6.23. The Bertz CT molecular complexity index is 585. The Labute approximate surface area is 151 Å². The molecule has 1 aromatic heterocycles. The van der Waals surface area contributed by atoms with Gasteiger partial charge >= 0.3 is 0 Å². The summed E-state index contributed by atoms with van der Waals surface area (Å²) in [5, 5.41) is 10.3. The van der Waals surface area contributed by atoms with E-state index in [0.29, 0.717) is 31.1 Å². The number of aliphatic hydroxyl groups excluding tert-OH is 1. The molecule has 1 aromatic rings. The standard InChI is InChI=1S/C21H32N2O2/c1-4-23(12-16-7-9-22-10-8-16)13-19(24)15-25-14-17-5-6-18-11-20(17)21(18,2)3/h5,7-10,18-20,24H,4,6,11-15H2,1-3H3/t18-,19-,20+/m1/s1. The van der Waals surface area contributed by atoms with Gasteiger partial charge in [-0.15, -0.1) is 0 Å². The molecule has 25 heavy (non-hydrogen) atoms. The lowest BCUT2D eigenvalue weighted by Gasteiger charge is -2.56. The van der Waals surface area contributed by atoms with Gasteiger partial charge in [-0.2, -0.15) is 0 Å². The summed E-state index contributed by atoms with van der Waals surface area (Å²) in [6.45, 7) is 10.3. The summed E-state index contributed by atoms with van der Waals surface area (Å²) < 4.78 is 5.86. The quantitative estimate of drug-likeness (QED) is 0.699. The van der Waals surface area contributed by atoms with Crippen molar-refractivity contribution in [2.45, 2.75) is 46.3 Å². The van der Waals surface area contributed by atoms with E-state index in [-0.39, 0.29) is 0 Å². The van der Waals surface area contributed by atoms with Gasteiger partial charge in [-0.05, 0) is 59.9 Å². The molecule has 4 rings (SSSR count). The molecule has 0 unspecified atom stereocenters. The molecule has 4 heteroatoms. The van der Waals surface area contributed by atoms with Crippen molar-refractivity contribution in [3.8, 4) is 0 Å². The molecule has 1 heterocycles. The minimum absolute atomic E-state index is 0.404. The number of hydrogen-bond donors (Lipinski definition) is 1. The van der Waals surface area contributed by atoms with Crippen LogP contribution in [0.2, 0.25) is 0 Å². The summed E-state index contributed by atoms with van der Waals surface area (Å²) in [6.07, 6.45) is 8.06. The lowest BCUT2D eigenvalue weighted by molar-refractivity contribution is -0.0262. The molecule has 138 valence electrons. The van der Waals surface area contributed by atoms with Gasteiger partial charge in [0, 0.05) is 25.5 Å². The summed E-state index contributed by atoms with van der Waals surface area (Å²) in [6, 6.07) is 4.05. The molecule has 4 nitrogen and oxygen atoms in total. The number of rotatable bonds is 9. The number of hydrogen-bond acceptors (Lipinski definition) is 4. The molecule has 2 bridgehead atoms. The molecule has 3 aliphatic rings. The maximum absolute atomic E-state index is 10.3. The SMILES string of the molecule is CCN(Cc1ccncc1)C[C@@H](O)COCC1=CC[C@@H]2C[C@@H]1C2(C)C. The molecule has 1 fully saturated rings. The minimum atomic E-state index is -0.451. The maximum Gasteiger partial charge on any atom is 0.0900 e. The number of nitrogens with zero attached hydrogens (tertiary/aromatic N) is 2. The highest BCUT2D eigenvalue weighted by Crippen LogP contribution is 2.59. The predicted octanol–water partition coefficient (Wildman–Crippen LogP) is 3.27. The summed E-state index contributed by atoms with van der Waals surface area (Å²) >= 11 is 0. The number of ether oxygens (including phenoxy) is 1. The van der Waals surface area contributed by atoms with Crippen molar-refractivity contribution in [1.29, 1.82) is 0 Å². The van der Waals surface area contributed by atoms with Gasteiger partial charge in [-0.3, -0.25) is 9.88 Å². The van der Waals surface area contributed by atoms with Crippen LogP contribution < -0.4 is 0 Å². The van der Waals surface area contributed by atoms with Crippen molar-refractivity contribution < 1.29 is 9.84 Å². The number of likely N-dealkylation sites (N-methyl/N-ethyl adjacent to an activating group) is 1. The molecule has 0 amide bonds. The second-order valence-electron chi connectivity index (χ2n) is 8.17. The fourth-order valence-corrected chi connectivity index (χ4v) is 4.36. The van der Waals surface area contributed by atoms with Crippen LogP contribution in [-0.4, -0.2) is 47.4 Å². The molecular formula is C21H32N2O2. The van der Waals surface area contributed by atoms with Crippen LogP contribution in [0.1, 0.15) is 39.2 Å². The Kier molecular flexibility index (Phi) is 5.92. The number of pyridine rings is 1. The second kappa shape index (κ2) is 7.98. The van der Waals surface area contributed by atoms with E-state index in [0.717, 1.165) is 19.0 Å². The van der Waals surface area contributed by atoms with E-state index in [2.05, 4.69) is 36.7 Å². The van der Waals surface area contributed by atoms with Gasteiger partial charge in [0.15, 0.2) is 0 Å². The molecule has 0 aliphatic heterocycles. The zero-order valence-electron chi connectivity index (χ0n) is 15.8. The van der Waals surface area contributed by atoms with Gasteiger partial charge in [-0.25, -0.2) is 0 Å². The molecule has 3 aliphatic carbocycles. The van der Waals surface area contributed by atoms with E-state index in [1.54, 1.807) is 0 Å². The Morgan fingerprint density at radius 3 is 2.76 bits per heavy atom. The molecule has 3 atom stereocenters. The molecule has 0 radical (unpaired) electrons. The Morgan fingerprint density at radius 2 is 2.12 bits per heavy atom. The monoisotopic (exact) mass is 344 g/mol. The highest BCUT2D eigenvalue weighted by Gasteiger charge is 2.50. The average Bonchev–Trinajstić information content (AvgIpc) is 2.62. The van der Waals surface area contributed by atoms with Crippen molar-refractivity contribution in [3.05, 3.63) is 41.7 Å². The molecule has 1 N–H and O–H groups in total. The first-order valence-corrected chi connectivity index (χ1v) is 9.56. The smallest absolute Gasteiger partial charge is 0.0900 e. The first-order valence-electron chi connectivity index (χ1n) is 9.56. The van der Waals surface area contributed by atoms with Crippen LogP contribution in [0.25, 0.3) is 0 Å². The van der Waals surface area contributed by atoms with Crippen LogP contribution in [0.5, 0.6) is 0 Å². The van der Waals surface area contributed by atoms with Gasteiger partial charge < -0.3 is 9.84 Å². The van der Waals surface area contributed by atoms with Crippen molar-refractivity contribution in [3.63, 3.8) is 0 Å². The molecule has 1 saturated carbocycles. The Hall–Kier alpha value is -1.23. The van der Waals surface area contributed by atoms with Crippen molar-refractivity contribution >= 4 is 0 Å². The zero-order valence-corrected chi connectivity index (χ0v) is 15.8. The average molecular weight is 344 g/mol. The minimum Gasteiger partial charge on any atom is -0.389 e. The third kappa shape index (κ3) is 4.30. The normalized spacial score (nSPS) is 25.4. The largest absolute Gasteiger partial charge is 0.389 e. The van der Waals surface area contributed by atoms with Gasteiger partial charge in [0.05, 0.1) is 19.3 Å². The van der Waals surface area contributed by atoms with Gasteiger partial charge in [0.1, 0.15) is 0 Å². The highest BCUT2D eigenvalue weighted by atomic mass is 16.5.